The largest absolute Gasteiger partial charge is 0.417 e. The van der Waals surface area contributed by atoms with Gasteiger partial charge in [0.2, 0.25) is 0 Å². The van der Waals surface area contributed by atoms with Gasteiger partial charge in [0.25, 0.3) is 5.91 Å². The number of carbonyl (C=O) groups excluding carboxylic acids is 1. The number of carbonyl (C=O) groups is 1. The second kappa shape index (κ2) is 8.89. The van der Waals surface area contributed by atoms with Crippen LogP contribution in [0.4, 0.5) is 13.2 Å². The number of nitrogens with one attached hydrogen (secondary N) is 1. The minimum absolute atomic E-state index is 0.0171. The average molecular weight is 431 g/mol. The minimum atomic E-state index is -4.46. The highest BCUT2D eigenvalue weighted by Crippen LogP contribution is 2.29. The van der Waals surface area contributed by atoms with Crippen LogP contribution in [0.3, 0.4) is 0 Å². The highest BCUT2D eigenvalue weighted by atomic mass is 19.4. The molecule has 0 saturated carbocycles. The third kappa shape index (κ3) is 5.11. The Balaban J connectivity index is 1.74. The van der Waals surface area contributed by atoms with Gasteiger partial charge in [-0.05, 0) is 45.6 Å². The molecular weight excluding hydrogens is 407 g/mol. The fourth-order valence-corrected chi connectivity index (χ4v) is 3.21. The van der Waals surface area contributed by atoms with Crippen LogP contribution in [-0.2, 0) is 6.18 Å². The number of rotatable bonds is 6. The number of hydrogen-bond donors (Lipinski definition) is 1. The molecule has 1 amide bonds. The lowest BCUT2D eigenvalue weighted by Gasteiger charge is -2.25. The molecule has 3 rings (SSSR count). The third-order valence-corrected chi connectivity index (χ3v) is 5.09. The minimum Gasteiger partial charge on any atom is -0.350 e. The Bertz CT molecular complexity index is 1040. The fraction of sp³-hybridized carbons (Fsp3) is 0.318. The molecule has 3 aromatic rings. The van der Waals surface area contributed by atoms with Crippen LogP contribution in [0.2, 0.25) is 0 Å². The zero-order chi connectivity index (χ0) is 22.8. The zero-order valence-corrected chi connectivity index (χ0v) is 17.7. The molecule has 0 saturated heterocycles. The summed E-state index contributed by atoms with van der Waals surface area (Å²) in [6.07, 6.45) is -2.32. The van der Waals surface area contributed by atoms with Gasteiger partial charge < -0.3 is 10.2 Å². The van der Waals surface area contributed by atoms with Crippen molar-refractivity contribution in [1.82, 2.24) is 25.0 Å². The molecule has 164 valence electrons. The van der Waals surface area contributed by atoms with Crippen molar-refractivity contribution < 1.29 is 18.0 Å². The standard InChI is InChI=1S/C22H24F3N5O/c1-14-5-7-16(8-6-14)19(29(3)4)13-27-21(31)18-12-28-30(15(18)2)20-10-9-17(11-26-20)22(23,24)25/h5-12,19H,13H2,1-4H3,(H,27,31). The molecule has 0 radical (unpaired) electrons. The molecule has 2 heterocycles. The molecule has 0 spiro atoms. The number of pyridine rings is 1. The van der Waals surface area contributed by atoms with Crippen molar-refractivity contribution >= 4 is 5.91 Å². The van der Waals surface area contributed by atoms with E-state index in [1.807, 2.05) is 50.2 Å². The Hall–Kier alpha value is -3.20. The first-order chi connectivity index (χ1) is 14.6. The number of nitrogens with zero attached hydrogens (tertiary/aromatic N) is 4. The normalized spacial score (nSPS) is 12.8. The predicted molar refractivity (Wildman–Crippen MR) is 111 cm³/mol. The molecule has 1 unspecified atom stereocenters. The summed E-state index contributed by atoms with van der Waals surface area (Å²) in [4.78, 5) is 18.6. The Morgan fingerprint density at radius 3 is 2.32 bits per heavy atom. The van der Waals surface area contributed by atoms with Gasteiger partial charge in [0.1, 0.15) is 0 Å². The lowest BCUT2D eigenvalue weighted by atomic mass is 10.0. The molecule has 1 atom stereocenters. The molecule has 1 aromatic carbocycles. The summed E-state index contributed by atoms with van der Waals surface area (Å²) in [7, 11) is 3.88. The fourth-order valence-electron chi connectivity index (χ4n) is 3.21. The van der Waals surface area contributed by atoms with E-state index < -0.39 is 11.7 Å². The highest BCUT2D eigenvalue weighted by molar-refractivity contribution is 5.95. The Morgan fingerprint density at radius 2 is 1.77 bits per heavy atom. The van der Waals surface area contributed by atoms with Gasteiger partial charge in [-0.1, -0.05) is 29.8 Å². The summed E-state index contributed by atoms with van der Waals surface area (Å²) < 4.78 is 39.6. The molecular formula is C22H24F3N5O. The number of aryl methyl sites for hydroxylation is 1. The maximum absolute atomic E-state index is 12.8. The van der Waals surface area contributed by atoms with Gasteiger partial charge in [-0.25, -0.2) is 9.67 Å². The number of aromatic nitrogens is 3. The molecule has 0 aliphatic heterocycles. The van der Waals surface area contributed by atoms with Gasteiger partial charge in [-0.2, -0.15) is 18.3 Å². The van der Waals surface area contributed by atoms with Crippen LogP contribution in [0.15, 0.2) is 48.8 Å². The summed E-state index contributed by atoms with van der Waals surface area (Å²) in [6.45, 7) is 4.07. The number of halogens is 3. The van der Waals surface area contributed by atoms with E-state index in [4.69, 9.17) is 0 Å². The first-order valence-corrected chi connectivity index (χ1v) is 9.67. The number of likely N-dealkylation sites (N-methyl/N-ethyl adjacent to an activating group) is 1. The topological polar surface area (TPSA) is 63.1 Å². The predicted octanol–water partition coefficient (Wildman–Crippen LogP) is 3.94. The molecule has 0 aliphatic rings. The van der Waals surface area contributed by atoms with E-state index in [1.165, 1.54) is 16.9 Å². The van der Waals surface area contributed by atoms with E-state index >= 15 is 0 Å². The smallest absolute Gasteiger partial charge is 0.350 e. The first kappa shape index (κ1) is 22.5. The second-order valence-electron chi connectivity index (χ2n) is 7.56. The molecule has 1 N–H and O–H groups in total. The summed E-state index contributed by atoms with van der Waals surface area (Å²) >= 11 is 0. The zero-order valence-electron chi connectivity index (χ0n) is 17.7. The molecule has 0 bridgehead atoms. The van der Waals surface area contributed by atoms with Crippen LogP contribution < -0.4 is 5.32 Å². The summed E-state index contributed by atoms with van der Waals surface area (Å²) in [5, 5.41) is 7.06. The lowest BCUT2D eigenvalue weighted by Crippen LogP contribution is -2.34. The summed E-state index contributed by atoms with van der Waals surface area (Å²) in [6, 6.07) is 10.3. The maximum atomic E-state index is 12.8. The van der Waals surface area contributed by atoms with Crippen LogP contribution >= 0.6 is 0 Å². The van der Waals surface area contributed by atoms with Gasteiger partial charge >= 0.3 is 6.18 Å². The Labute approximate surface area is 178 Å². The SMILES string of the molecule is Cc1ccc(C(CNC(=O)c2cnn(-c3ccc(C(F)(F)F)cn3)c2C)N(C)C)cc1. The Kier molecular flexibility index (Phi) is 6.45. The number of alkyl halides is 3. The van der Waals surface area contributed by atoms with Crippen molar-refractivity contribution in [2.45, 2.75) is 26.1 Å². The summed E-state index contributed by atoms with van der Waals surface area (Å²) in [5.41, 5.74) is 2.22. The van der Waals surface area contributed by atoms with Crippen molar-refractivity contribution in [3.8, 4) is 5.82 Å². The highest BCUT2D eigenvalue weighted by Gasteiger charge is 2.31. The van der Waals surface area contributed by atoms with Crippen LogP contribution in [-0.4, -0.2) is 46.2 Å². The lowest BCUT2D eigenvalue weighted by molar-refractivity contribution is -0.137. The molecule has 9 heteroatoms. The van der Waals surface area contributed by atoms with E-state index in [0.717, 1.165) is 23.4 Å². The molecule has 31 heavy (non-hydrogen) atoms. The van der Waals surface area contributed by atoms with E-state index in [-0.39, 0.29) is 17.8 Å². The van der Waals surface area contributed by atoms with Gasteiger partial charge in [-0.3, -0.25) is 4.79 Å². The monoisotopic (exact) mass is 431 g/mol. The molecule has 0 aliphatic carbocycles. The number of benzene rings is 1. The number of amides is 1. The second-order valence-corrected chi connectivity index (χ2v) is 7.56. The van der Waals surface area contributed by atoms with Crippen molar-refractivity contribution in [2.75, 3.05) is 20.6 Å². The quantitative estimate of drug-likeness (QED) is 0.642. The third-order valence-electron chi connectivity index (χ3n) is 5.09. The molecule has 2 aromatic heterocycles. The Morgan fingerprint density at radius 1 is 1.10 bits per heavy atom. The van der Waals surface area contributed by atoms with Crippen molar-refractivity contribution in [1.29, 1.82) is 0 Å². The van der Waals surface area contributed by atoms with E-state index in [2.05, 4.69) is 15.4 Å². The van der Waals surface area contributed by atoms with Crippen molar-refractivity contribution in [3.63, 3.8) is 0 Å². The maximum Gasteiger partial charge on any atom is 0.417 e. The van der Waals surface area contributed by atoms with E-state index in [9.17, 15) is 18.0 Å². The van der Waals surface area contributed by atoms with Crippen molar-refractivity contribution in [3.05, 3.63) is 76.7 Å². The summed E-state index contributed by atoms with van der Waals surface area (Å²) in [5.74, 6) is -0.106. The molecule has 0 fully saturated rings. The number of hydrogen-bond acceptors (Lipinski definition) is 4. The van der Waals surface area contributed by atoms with Gasteiger partial charge in [-0.15, -0.1) is 0 Å². The van der Waals surface area contributed by atoms with E-state index in [0.29, 0.717) is 17.8 Å². The van der Waals surface area contributed by atoms with Gasteiger partial charge in [0.15, 0.2) is 5.82 Å². The average Bonchev–Trinajstić information content (AvgIpc) is 3.10. The van der Waals surface area contributed by atoms with Gasteiger partial charge in [0.05, 0.1) is 29.1 Å². The van der Waals surface area contributed by atoms with Crippen molar-refractivity contribution in [2.24, 2.45) is 0 Å². The van der Waals surface area contributed by atoms with E-state index in [1.54, 1.807) is 6.92 Å². The van der Waals surface area contributed by atoms with Crippen LogP contribution in [0.25, 0.3) is 5.82 Å². The van der Waals surface area contributed by atoms with Crippen LogP contribution in [0.5, 0.6) is 0 Å². The van der Waals surface area contributed by atoms with Gasteiger partial charge in [0, 0.05) is 12.7 Å². The van der Waals surface area contributed by atoms with Crippen LogP contribution in [0.1, 0.15) is 38.8 Å². The van der Waals surface area contributed by atoms with Crippen LogP contribution in [0, 0.1) is 13.8 Å². The first-order valence-electron chi connectivity index (χ1n) is 9.67. The molecule has 6 nitrogen and oxygen atoms in total.